The number of benzene rings is 2. The molecule has 0 radical (unpaired) electrons. The normalized spacial score (nSPS) is 20.6. The Kier molecular flexibility index (Phi) is 8.63. The lowest BCUT2D eigenvalue weighted by atomic mass is 10.1. The number of piperazine rings is 1. The van der Waals surface area contributed by atoms with Crippen molar-refractivity contribution in [3.05, 3.63) is 64.2 Å². The number of carbonyl (C=O) groups excluding carboxylic acids is 1. The van der Waals surface area contributed by atoms with E-state index in [0.29, 0.717) is 24.1 Å². The van der Waals surface area contributed by atoms with Crippen molar-refractivity contribution in [2.75, 3.05) is 81.3 Å². The van der Waals surface area contributed by atoms with Crippen LogP contribution >= 0.6 is 23.4 Å². The Hall–Kier alpha value is -2.92. The molecule has 2 aromatic carbocycles. The highest BCUT2D eigenvalue weighted by molar-refractivity contribution is 8.03. The molecule has 2 amide bonds. The van der Waals surface area contributed by atoms with E-state index in [0.717, 1.165) is 61.3 Å². The first-order chi connectivity index (χ1) is 18.5. The Labute approximate surface area is 233 Å². The van der Waals surface area contributed by atoms with Crippen LogP contribution in [0, 0.1) is 0 Å². The van der Waals surface area contributed by atoms with E-state index < -0.39 is 0 Å². The third-order valence-corrected chi connectivity index (χ3v) is 8.11. The number of halogens is 1. The number of amides is 2. The van der Waals surface area contributed by atoms with Gasteiger partial charge in [-0.2, -0.15) is 0 Å². The van der Waals surface area contributed by atoms with E-state index in [1.54, 1.807) is 11.8 Å². The van der Waals surface area contributed by atoms with Crippen molar-refractivity contribution in [3.63, 3.8) is 0 Å². The fraction of sp³-hybridized carbons (Fsp3) is 0.407. The molecule has 9 nitrogen and oxygen atoms in total. The molecule has 2 aromatic rings. The number of urea groups is 1. The van der Waals surface area contributed by atoms with Crippen LogP contribution in [-0.2, 0) is 4.74 Å². The topological polar surface area (TPSA) is 84.5 Å². The predicted molar refractivity (Wildman–Crippen MR) is 157 cm³/mol. The second-order valence-corrected chi connectivity index (χ2v) is 10.7. The number of likely N-dealkylation sites (N-methyl/N-ethyl adjacent to an activating group) is 1. The molecule has 1 atom stereocenters. The zero-order chi connectivity index (χ0) is 26.5. The molecule has 3 N–H and O–H groups in total. The van der Waals surface area contributed by atoms with Gasteiger partial charge in [0.25, 0.3) is 0 Å². The number of hydrogen-bond acceptors (Lipinski definition) is 8. The number of nitrogens with one attached hydrogen (secondary N) is 3. The molecule has 2 fully saturated rings. The monoisotopic (exact) mass is 555 g/mol. The summed E-state index contributed by atoms with van der Waals surface area (Å²) in [6.07, 6.45) is 1.70. The number of amidine groups is 1. The summed E-state index contributed by atoms with van der Waals surface area (Å²) in [4.78, 5) is 25.4. The molecule has 0 aliphatic carbocycles. The van der Waals surface area contributed by atoms with Gasteiger partial charge in [0.1, 0.15) is 17.2 Å². The number of morpholine rings is 1. The average Bonchev–Trinajstić information content (AvgIpc) is 2.94. The van der Waals surface area contributed by atoms with Crippen LogP contribution in [0.1, 0.15) is 11.7 Å². The molecule has 0 spiro atoms. The van der Waals surface area contributed by atoms with E-state index in [9.17, 15) is 4.79 Å². The first-order valence-electron chi connectivity index (χ1n) is 12.8. The summed E-state index contributed by atoms with van der Waals surface area (Å²) < 4.78 is 5.50. The van der Waals surface area contributed by atoms with Gasteiger partial charge in [0, 0.05) is 56.3 Å². The third-order valence-electron chi connectivity index (χ3n) is 6.91. The first-order valence-corrected chi connectivity index (χ1v) is 14.4. The molecule has 0 bridgehead atoms. The smallest absolute Gasteiger partial charge is 0.323 e. The van der Waals surface area contributed by atoms with E-state index in [-0.39, 0.29) is 12.2 Å². The largest absolute Gasteiger partial charge is 0.378 e. The Balaban J connectivity index is 1.19. The number of thioether (sulfide) groups is 1. The highest BCUT2D eigenvalue weighted by atomic mass is 35.5. The third kappa shape index (κ3) is 6.37. The van der Waals surface area contributed by atoms with Crippen molar-refractivity contribution in [2.45, 2.75) is 6.17 Å². The van der Waals surface area contributed by atoms with Crippen LogP contribution in [0.25, 0.3) is 0 Å². The lowest BCUT2D eigenvalue weighted by molar-refractivity contribution is 0.0680. The van der Waals surface area contributed by atoms with Gasteiger partial charge in [-0.25, -0.2) is 9.79 Å². The molecule has 202 valence electrons. The van der Waals surface area contributed by atoms with Crippen LogP contribution in [0.2, 0.25) is 0 Å². The maximum Gasteiger partial charge on any atom is 0.323 e. The second-order valence-electron chi connectivity index (χ2n) is 9.48. The summed E-state index contributed by atoms with van der Waals surface area (Å²) in [6.45, 7) is 7.07. The van der Waals surface area contributed by atoms with Crippen LogP contribution in [-0.4, -0.2) is 87.5 Å². The minimum atomic E-state index is -0.307. The Morgan fingerprint density at radius 1 is 0.947 bits per heavy atom. The molecule has 11 heteroatoms. The SMILES string of the molecule is CSC1=C(Cl)NC(c2ccc(NC(=O)Nc3ccc(N4CCN(C)CC4)cc3)cc2)N=C1N1CCOCC1. The van der Waals surface area contributed by atoms with Gasteiger partial charge in [-0.05, 0) is 55.3 Å². The highest BCUT2D eigenvalue weighted by Crippen LogP contribution is 2.32. The van der Waals surface area contributed by atoms with Gasteiger partial charge < -0.3 is 35.4 Å². The fourth-order valence-corrected chi connectivity index (χ4v) is 5.72. The van der Waals surface area contributed by atoms with Crippen molar-refractivity contribution >= 4 is 52.3 Å². The zero-order valence-electron chi connectivity index (χ0n) is 21.7. The Bertz CT molecular complexity index is 1170. The molecule has 0 saturated carbocycles. The summed E-state index contributed by atoms with van der Waals surface area (Å²) in [6, 6.07) is 15.4. The van der Waals surface area contributed by atoms with Gasteiger partial charge >= 0.3 is 6.03 Å². The molecule has 3 heterocycles. The fourth-order valence-electron chi connectivity index (χ4n) is 4.70. The maximum atomic E-state index is 12.6. The lowest BCUT2D eigenvalue weighted by Gasteiger charge is -2.34. The van der Waals surface area contributed by atoms with E-state index in [2.05, 4.69) is 49.8 Å². The van der Waals surface area contributed by atoms with Gasteiger partial charge in [-0.15, -0.1) is 11.8 Å². The quantitative estimate of drug-likeness (QED) is 0.477. The van der Waals surface area contributed by atoms with Crippen LogP contribution in [0.4, 0.5) is 21.9 Å². The maximum absolute atomic E-state index is 12.6. The van der Waals surface area contributed by atoms with E-state index in [4.69, 9.17) is 21.3 Å². The molecule has 3 aliphatic heterocycles. The highest BCUT2D eigenvalue weighted by Gasteiger charge is 2.27. The van der Waals surface area contributed by atoms with Crippen molar-refractivity contribution < 1.29 is 9.53 Å². The van der Waals surface area contributed by atoms with Crippen molar-refractivity contribution in [1.82, 2.24) is 15.1 Å². The number of aliphatic imine (C=N–C) groups is 1. The number of carbonyl (C=O) groups is 1. The van der Waals surface area contributed by atoms with Crippen molar-refractivity contribution in [1.29, 1.82) is 0 Å². The molecule has 0 aromatic heterocycles. The number of nitrogens with zero attached hydrogens (tertiary/aromatic N) is 4. The van der Waals surface area contributed by atoms with Crippen LogP contribution in [0.3, 0.4) is 0 Å². The zero-order valence-corrected chi connectivity index (χ0v) is 23.3. The van der Waals surface area contributed by atoms with Crippen molar-refractivity contribution in [3.8, 4) is 0 Å². The minimum absolute atomic E-state index is 0.288. The summed E-state index contributed by atoms with van der Waals surface area (Å²) in [5, 5.41) is 9.71. The van der Waals surface area contributed by atoms with Gasteiger partial charge in [0.15, 0.2) is 0 Å². The summed E-state index contributed by atoms with van der Waals surface area (Å²) in [5.74, 6) is 0.898. The number of ether oxygens (including phenoxy) is 1. The molecule has 1 unspecified atom stereocenters. The van der Waals surface area contributed by atoms with Crippen LogP contribution < -0.4 is 20.9 Å². The number of hydrogen-bond donors (Lipinski definition) is 3. The van der Waals surface area contributed by atoms with E-state index in [1.807, 2.05) is 42.7 Å². The summed E-state index contributed by atoms with van der Waals surface area (Å²) in [7, 11) is 2.15. The molecule has 5 rings (SSSR count). The lowest BCUT2D eigenvalue weighted by Crippen LogP contribution is -2.44. The molecule has 38 heavy (non-hydrogen) atoms. The minimum Gasteiger partial charge on any atom is -0.378 e. The van der Waals surface area contributed by atoms with Crippen molar-refractivity contribution in [2.24, 2.45) is 4.99 Å². The number of anilines is 3. The van der Waals surface area contributed by atoms with E-state index in [1.165, 1.54) is 5.69 Å². The number of rotatable bonds is 5. The van der Waals surface area contributed by atoms with Gasteiger partial charge in [-0.3, -0.25) is 0 Å². The summed E-state index contributed by atoms with van der Waals surface area (Å²) >= 11 is 8.20. The first kappa shape index (κ1) is 26.7. The molecular formula is C27H34ClN7O2S. The molecular weight excluding hydrogens is 522 g/mol. The molecule has 2 saturated heterocycles. The molecule has 3 aliphatic rings. The van der Waals surface area contributed by atoms with Gasteiger partial charge in [0.2, 0.25) is 0 Å². The Morgan fingerprint density at radius 2 is 1.55 bits per heavy atom. The van der Waals surface area contributed by atoms with E-state index >= 15 is 0 Å². The van der Waals surface area contributed by atoms with Gasteiger partial charge in [0.05, 0.1) is 18.1 Å². The van der Waals surface area contributed by atoms with Crippen LogP contribution in [0.5, 0.6) is 0 Å². The van der Waals surface area contributed by atoms with Gasteiger partial charge in [-0.1, -0.05) is 23.7 Å². The second kappa shape index (κ2) is 12.3. The average molecular weight is 556 g/mol. The van der Waals surface area contributed by atoms with Crippen LogP contribution in [0.15, 0.2) is 63.6 Å². The predicted octanol–water partition coefficient (Wildman–Crippen LogP) is 4.19. The Morgan fingerprint density at radius 3 is 2.16 bits per heavy atom. The standard InChI is InChI=1S/C27H34ClN7O2S/c1-33-11-13-34(14-12-33)22-9-7-21(8-10-22)30-27(36)29-20-5-3-19(4-6-20)25-31-24(28)23(38-2)26(32-25)35-15-17-37-18-16-35/h3-10,25,31H,11-18H2,1-2H3,(H2,29,30,36). The summed E-state index contributed by atoms with van der Waals surface area (Å²) in [5.41, 5.74) is 3.58.